The largest absolute Gasteiger partial charge is 0.506 e. The molecule has 0 spiro atoms. The Kier molecular flexibility index (Phi) is 8.51. The van der Waals surface area contributed by atoms with Gasteiger partial charge in [0, 0.05) is 19.2 Å². The number of hydrogen-bond acceptors (Lipinski definition) is 6. The van der Waals surface area contributed by atoms with E-state index in [9.17, 15) is 9.90 Å². The fourth-order valence-corrected chi connectivity index (χ4v) is 3.84. The molecule has 0 unspecified atom stereocenters. The zero-order valence-electron chi connectivity index (χ0n) is 20.3. The van der Waals surface area contributed by atoms with Crippen LogP contribution in [0.15, 0.2) is 83.3 Å². The number of H-pyrrole nitrogens is 1. The van der Waals surface area contributed by atoms with E-state index in [1.54, 1.807) is 24.3 Å². The van der Waals surface area contributed by atoms with Gasteiger partial charge in [-0.15, -0.1) is 6.58 Å². The fraction of sp³-hybridized carbons (Fsp3) is 0.214. The van der Waals surface area contributed by atoms with Crippen molar-refractivity contribution in [2.24, 2.45) is 4.99 Å². The molecule has 1 heterocycles. The van der Waals surface area contributed by atoms with Crippen LogP contribution in [0.5, 0.6) is 17.2 Å². The summed E-state index contributed by atoms with van der Waals surface area (Å²) in [5.74, 6) is 0.991. The number of aryl methyl sites for hydroxylation is 1. The second kappa shape index (κ2) is 11.7. The molecule has 0 aliphatic rings. The number of pyridine rings is 1. The van der Waals surface area contributed by atoms with E-state index < -0.39 is 5.56 Å². The van der Waals surface area contributed by atoms with Gasteiger partial charge in [-0.2, -0.15) is 0 Å². The van der Waals surface area contributed by atoms with Crippen LogP contribution in [0.2, 0.25) is 0 Å². The molecule has 2 aromatic carbocycles. The average Bonchev–Trinajstić information content (AvgIpc) is 2.86. The Bertz CT molecular complexity index is 1270. The fourth-order valence-electron chi connectivity index (χ4n) is 3.84. The predicted molar refractivity (Wildman–Crippen MR) is 139 cm³/mol. The van der Waals surface area contributed by atoms with Crippen LogP contribution in [0.25, 0.3) is 11.1 Å². The molecule has 0 aliphatic carbocycles. The molecule has 2 N–H and O–H groups in total. The molecule has 7 nitrogen and oxygen atoms in total. The third-order valence-electron chi connectivity index (χ3n) is 5.45. The van der Waals surface area contributed by atoms with Crippen LogP contribution in [0.3, 0.4) is 0 Å². The van der Waals surface area contributed by atoms with Crippen molar-refractivity contribution in [2.45, 2.75) is 19.3 Å². The van der Waals surface area contributed by atoms with Crippen molar-refractivity contribution < 1.29 is 19.3 Å². The van der Waals surface area contributed by atoms with Gasteiger partial charge in [0.1, 0.15) is 28.6 Å². The summed E-state index contributed by atoms with van der Waals surface area (Å²) in [7, 11) is 4.54. The molecule has 0 aliphatic heterocycles. The van der Waals surface area contributed by atoms with Crippen molar-refractivity contribution in [1.29, 1.82) is 0 Å². The summed E-state index contributed by atoms with van der Waals surface area (Å²) in [6, 6.07) is 14.9. The monoisotopic (exact) mass is 474 g/mol. The summed E-state index contributed by atoms with van der Waals surface area (Å²) in [6.45, 7) is 7.73. The summed E-state index contributed by atoms with van der Waals surface area (Å²) in [6.07, 6.45) is 3.17. The Balaban J connectivity index is 2.16. The van der Waals surface area contributed by atoms with E-state index in [1.165, 1.54) is 21.3 Å². The van der Waals surface area contributed by atoms with Gasteiger partial charge in [-0.05, 0) is 30.5 Å². The van der Waals surface area contributed by atoms with E-state index in [2.05, 4.69) is 23.1 Å². The molecule has 0 saturated heterocycles. The maximum atomic E-state index is 13.2. The van der Waals surface area contributed by atoms with Gasteiger partial charge in [0.25, 0.3) is 5.56 Å². The summed E-state index contributed by atoms with van der Waals surface area (Å²) >= 11 is 0. The molecular formula is C28H30N2O5. The first-order valence-electron chi connectivity index (χ1n) is 11.1. The molecule has 3 aromatic rings. The molecule has 3 rings (SSSR count). The van der Waals surface area contributed by atoms with Crippen LogP contribution in [-0.4, -0.2) is 37.3 Å². The third kappa shape index (κ3) is 5.63. The number of ether oxygens (including phenoxy) is 3. The number of methoxy groups -OCH3 is 2. The lowest BCUT2D eigenvalue weighted by atomic mass is 9.96. The highest BCUT2D eigenvalue weighted by atomic mass is 16.5. The minimum absolute atomic E-state index is 0.0462. The van der Waals surface area contributed by atoms with Crippen LogP contribution < -0.4 is 15.0 Å². The van der Waals surface area contributed by atoms with Gasteiger partial charge < -0.3 is 24.3 Å². The van der Waals surface area contributed by atoms with Crippen LogP contribution in [0, 0.1) is 0 Å². The average molecular weight is 475 g/mol. The number of aromatic amines is 1. The van der Waals surface area contributed by atoms with E-state index in [-0.39, 0.29) is 17.2 Å². The Labute approximate surface area is 205 Å². The van der Waals surface area contributed by atoms with Crippen LogP contribution >= 0.6 is 0 Å². The first-order chi connectivity index (χ1) is 16.9. The number of nitrogens with one attached hydrogen (secondary N) is 1. The standard InChI is InChI=1S/C28H30N2O5/c1-6-7-14-20-23(24-21(33-4)15-11-16-22(24)34-5)26(31)25(27(32)30-20)28(29-3)35-18(2)17-19-12-9-8-10-13-19/h6,8-13,15-16H,1-2,7,14,17H2,3-5H3,(H2,30,31,32). The van der Waals surface area contributed by atoms with Crippen molar-refractivity contribution in [3.63, 3.8) is 0 Å². The number of aromatic nitrogens is 1. The molecule has 35 heavy (non-hydrogen) atoms. The zero-order valence-corrected chi connectivity index (χ0v) is 20.3. The molecule has 7 heteroatoms. The van der Waals surface area contributed by atoms with Crippen molar-refractivity contribution in [3.8, 4) is 28.4 Å². The molecule has 182 valence electrons. The van der Waals surface area contributed by atoms with Crippen molar-refractivity contribution in [2.75, 3.05) is 21.3 Å². The van der Waals surface area contributed by atoms with Crippen LogP contribution in [0.1, 0.15) is 23.2 Å². The number of nitrogens with zero attached hydrogens (tertiary/aromatic N) is 1. The Morgan fingerprint density at radius 2 is 1.71 bits per heavy atom. The minimum Gasteiger partial charge on any atom is -0.506 e. The number of hydrogen-bond donors (Lipinski definition) is 2. The van der Waals surface area contributed by atoms with Gasteiger partial charge in [-0.1, -0.05) is 49.1 Å². The Morgan fingerprint density at radius 3 is 2.29 bits per heavy atom. The second-order valence-corrected chi connectivity index (χ2v) is 7.73. The second-order valence-electron chi connectivity index (χ2n) is 7.73. The van der Waals surface area contributed by atoms with E-state index in [4.69, 9.17) is 14.2 Å². The van der Waals surface area contributed by atoms with Crippen LogP contribution in [0.4, 0.5) is 0 Å². The number of aromatic hydroxyl groups is 1. The number of rotatable bonds is 10. The first-order valence-corrected chi connectivity index (χ1v) is 11.1. The molecular weight excluding hydrogens is 444 g/mol. The molecule has 0 fully saturated rings. The Hall–Kier alpha value is -4.26. The van der Waals surface area contributed by atoms with Crippen molar-refractivity contribution in [3.05, 3.63) is 101 Å². The lowest BCUT2D eigenvalue weighted by Gasteiger charge is -2.19. The SMILES string of the molecule is C=CCCc1[nH]c(=O)c(C(=NC)OC(=C)Cc2ccccc2)c(O)c1-c1c(OC)cccc1OC. The van der Waals surface area contributed by atoms with Crippen molar-refractivity contribution >= 4 is 5.90 Å². The molecule has 0 atom stereocenters. The Morgan fingerprint density at radius 1 is 1.06 bits per heavy atom. The highest BCUT2D eigenvalue weighted by Gasteiger charge is 2.27. The van der Waals surface area contributed by atoms with Gasteiger partial charge in [-0.3, -0.25) is 9.79 Å². The predicted octanol–water partition coefficient (Wildman–Crippen LogP) is 5.03. The number of aliphatic imine (C=N–C) groups is 1. The quantitative estimate of drug-likeness (QED) is 0.186. The summed E-state index contributed by atoms with van der Waals surface area (Å²) < 4.78 is 17.0. The lowest BCUT2D eigenvalue weighted by molar-refractivity contribution is 0.394. The minimum atomic E-state index is -0.535. The van der Waals surface area contributed by atoms with Gasteiger partial charge >= 0.3 is 0 Å². The van der Waals surface area contributed by atoms with E-state index >= 15 is 0 Å². The maximum Gasteiger partial charge on any atom is 0.264 e. The van der Waals surface area contributed by atoms with E-state index in [1.807, 2.05) is 30.3 Å². The smallest absolute Gasteiger partial charge is 0.264 e. The summed E-state index contributed by atoms with van der Waals surface area (Å²) in [5, 5.41) is 11.5. The topological polar surface area (TPSA) is 93.1 Å². The van der Waals surface area contributed by atoms with Gasteiger partial charge in [-0.25, -0.2) is 0 Å². The molecule has 0 radical (unpaired) electrons. The summed E-state index contributed by atoms with van der Waals surface area (Å²) in [4.78, 5) is 20.2. The zero-order chi connectivity index (χ0) is 25.4. The highest BCUT2D eigenvalue weighted by molar-refractivity contribution is 6.00. The summed E-state index contributed by atoms with van der Waals surface area (Å²) in [5.41, 5.74) is 1.74. The maximum absolute atomic E-state index is 13.2. The number of benzene rings is 2. The third-order valence-corrected chi connectivity index (χ3v) is 5.45. The van der Waals surface area contributed by atoms with Gasteiger partial charge in [0.2, 0.25) is 5.90 Å². The van der Waals surface area contributed by atoms with Gasteiger partial charge in [0.05, 0.1) is 25.3 Å². The lowest BCUT2D eigenvalue weighted by Crippen LogP contribution is -2.23. The molecule has 0 bridgehead atoms. The molecule has 0 saturated carbocycles. The normalized spacial score (nSPS) is 11.1. The van der Waals surface area contributed by atoms with Gasteiger partial charge in [0.15, 0.2) is 0 Å². The van der Waals surface area contributed by atoms with Crippen molar-refractivity contribution in [1.82, 2.24) is 4.98 Å². The van der Waals surface area contributed by atoms with Crippen LogP contribution in [-0.2, 0) is 17.6 Å². The first kappa shape index (κ1) is 25.4. The number of allylic oxidation sites excluding steroid dienone is 2. The molecule has 0 amide bonds. The van der Waals surface area contributed by atoms with E-state index in [0.717, 1.165) is 5.56 Å². The molecule has 1 aromatic heterocycles. The highest BCUT2D eigenvalue weighted by Crippen LogP contribution is 2.44. The van der Waals surface area contributed by atoms with E-state index in [0.29, 0.717) is 53.3 Å².